The second kappa shape index (κ2) is 6.23. The van der Waals surface area contributed by atoms with E-state index in [1.807, 2.05) is 0 Å². The molecule has 0 bridgehead atoms. The van der Waals surface area contributed by atoms with Gasteiger partial charge in [0.25, 0.3) is 0 Å². The van der Waals surface area contributed by atoms with Gasteiger partial charge < -0.3 is 10.8 Å². The maximum Gasteiger partial charge on any atom is 0.0732 e. The number of rotatable bonds is 5. The molecule has 2 atom stereocenters. The first-order valence-corrected chi connectivity index (χ1v) is 8.21. The van der Waals surface area contributed by atoms with Crippen molar-refractivity contribution in [2.24, 2.45) is 11.7 Å². The van der Waals surface area contributed by atoms with Crippen LogP contribution < -0.4 is 5.73 Å². The molecular formula is C20H25NO. The standard InChI is InChI=1S/C20H25NO/c1-13(2)7-10-19(22)20(21)15-8-9-18-16(12-15)11-14-5-3-4-6-17(14)18/h3-6,8-9,12-13,19-20,22H,7,10-11,21H2,1-2H3/t19-,20+/m1/s1. The average molecular weight is 295 g/mol. The molecule has 0 aliphatic heterocycles. The largest absolute Gasteiger partial charge is 0.391 e. The van der Waals surface area contributed by atoms with Gasteiger partial charge in [-0.05, 0) is 53.0 Å². The van der Waals surface area contributed by atoms with Gasteiger partial charge in [-0.25, -0.2) is 0 Å². The van der Waals surface area contributed by atoms with Gasteiger partial charge in [-0.15, -0.1) is 0 Å². The van der Waals surface area contributed by atoms with Crippen LogP contribution in [0.1, 0.15) is 49.4 Å². The zero-order valence-electron chi connectivity index (χ0n) is 13.4. The lowest BCUT2D eigenvalue weighted by molar-refractivity contribution is 0.128. The number of benzene rings is 2. The molecule has 2 aromatic rings. The van der Waals surface area contributed by atoms with Gasteiger partial charge in [0.2, 0.25) is 0 Å². The monoisotopic (exact) mass is 295 g/mol. The zero-order valence-corrected chi connectivity index (χ0v) is 13.4. The van der Waals surface area contributed by atoms with Gasteiger partial charge in [-0.1, -0.05) is 56.3 Å². The molecule has 0 fully saturated rings. The Morgan fingerprint density at radius 1 is 1.00 bits per heavy atom. The summed E-state index contributed by atoms with van der Waals surface area (Å²) < 4.78 is 0. The first-order valence-electron chi connectivity index (χ1n) is 8.21. The highest BCUT2D eigenvalue weighted by molar-refractivity contribution is 5.77. The second-order valence-electron chi connectivity index (χ2n) is 6.81. The molecule has 2 heteroatoms. The van der Waals surface area contributed by atoms with Crippen molar-refractivity contribution < 1.29 is 5.11 Å². The summed E-state index contributed by atoms with van der Waals surface area (Å²) in [5.41, 5.74) is 12.7. The SMILES string of the molecule is CC(C)CC[C@@H](O)[C@@H](N)c1ccc2c(c1)Cc1ccccc1-2. The van der Waals surface area contributed by atoms with E-state index in [1.54, 1.807) is 0 Å². The molecule has 0 radical (unpaired) electrons. The average Bonchev–Trinajstić information content (AvgIpc) is 2.89. The van der Waals surface area contributed by atoms with Crippen molar-refractivity contribution in [3.8, 4) is 11.1 Å². The summed E-state index contributed by atoms with van der Waals surface area (Å²) in [5, 5.41) is 10.3. The minimum Gasteiger partial charge on any atom is -0.391 e. The molecule has 0 amide bonds. The molecule has 0 spiro atoms. The molecule has 2 aromatic carbocycles. The highest BCUT2D eigenvalue weighted by Crippen LogP contribution is 2.37. The Morgan fingerprint density at radius 2 is 1.73 bits per heavy atom. The molecule has 3 rings (SSSR count). The van der Waals surface area contributed by atoms with Gasteiger partial charge in [0.05, 0.1) is 12.1 Å². The van der Waals surface area contributed by atoms with Crippen LogP contribution in [0.5, 0.6) is 0 Å². The Bertz CT molecular complexity index is 663. The maximum absolute atomic E-state index is 10.3. The number of nitrogens with two attached hydrogens (primary N) is 1. The molecule has 0 unspecified atom stereocenters. The molecular weight excluding hydrogens is 270 g/mol. The third kappa shape index (κ3) is 2.94. The number of aliphatic hydroxyl groups is 1. The number of hydrogen-bond acceptors (Lipinski definition) is 2. The molecule has 0 saturated carbocycles. The van der Waals surface area contributed by atoms with Crippen LogP contribution in [0.3, 0.4) is 0 Å². The fourth-order valence-corrected chi connectivity index (χ4v) is 3.28. The fraction of sp³-hybridized carbons (Fsp3) is 0.400. The number of fused-ring (bicyclic) bond motifs is 3. The molecule has 22 heavy (non-hydrogen) atoms. The molecule has 0 heterocycles. The molecule has 116 valence electrons. The van der Waals surface area contributed by atoms with Gasteiger partial charge in [-0.3, -0.25) is 0 Å². The van der Waals surface area contributed by atoms with Crippen molar-refractivity contribution in [3.05, 3.63) is 59.2 Å². The summed E-state index contributed by atoms with van der Waals surface area (Å²) in [6, 6.07) is 14.7. The molecule has 1 aliphatic rings. The van der Waals surface area contributed by atoms with Gasteiger partial charge in [-0.2, -0.15) is 0 Å². The van der Waals surface area contributed by atoms with Gasteiger partial charge in [0, 0.05) is 0 Å². The zero-order chi connectivity index (χ0) is 15.7. The summed E-state index contributed by atoms with van der Waals surface area (Å²) in [6.07, 6.45) is 2.26. The molecule has 1 aliphatic carbocycles. The van der Waals surface area contributed by atoms with Gasteiger partial charge >= 0.3 is 0 Å². The van der Waals surface area contributed by atoms with Crippen LogP contribution in [-0.4, -0.2) is 11.2 Å². The number of aliphatic hydroxyl groups excluding tert-OH is 1. The van der Waals surface area contributed by atoms with E-state index in [-0.39, 0.29) is 6.04 Å². The minimum absolute atomic E-state index is 0.298. The molecule has 0 aromatic heterocycles. The van der Waals surface area contributed by atoms with E-state index in [4.69, 9.17) is 5.73 Å². The predicted octanol–water partition coefficient (Wildman–Crippen LogP) is 4.05. The Hall–Kier alpha value is -1.64. The van der Waals surface area contributed by atoms with E-state index < -0.39 is 6.10 Å². The van der Waals surface area contributed by atoms with Crippen molar-refractivity contribution >= 4 is 0 Å². The third-order valence-corrected chi connectivity index (χ3v) is 4.66. The Balaban J connectivity index is 1.79. The highest BCUT2D eigenvalue weighted by atomic mass is 16.3. The predicted molar refractivity (Wildman–Crippen MR) is 91.7 cm³/mol. The van der Waals surface area contributed by atoms with Crippen LogP contribution in [0, 0.1) is 5.92 Å². The van der Waals surface area contributed by atoms with E-state index in [0.717, 1.165) is 24.8 Å². The lowest BCUT2D eigenvalue weighted by Gasteiger charge is -2.20. The van der Waals surface area contributed by atoms with Gasteiger partial charge in [0.1, 0.15) is 0 Å². The van der Waals surface area contributed by atoms with Crippen molar-refractivity contribution in [3.63, 3.8) is 0 Å². The van der Waals surface area contributed by atoms with E-state index >= 15 is 0 Å². The maximum atomic E-state index is 10.3. The van der Waals surface area contributed by atoms with E-state index in [0.29, 0.717) is 5.92 Å². The quantitative estimate of drug-likeness (QED) is 0.746. The van der Waals surface area contributed by atoms with Crippen LogP contribution in [0.25, 0.3) is 11.1 Å². The van der Waals surface area contributed by atoms with E-state index in [2.05, 4.69) is 56.3 Å². The van der Waals surface area contributed by atoms with Crippen LogP contribution >= 0.6 is 0 Å². The van der Waals surface area contributed by atoms with Crippen molar-refractivity contribution in [1.82, 2.24) is 0 Å². The Kier molecular flexibility index (Phi) is 4.32. The summed E-state index contributed by atoms with van der Waals surface area (Å²) in [6.45, 7) is 4.34. The lowest BCUT2D eigenvalue weighted by atomic mass is 9.93. The van der Waals surface area contributed by atoms with Gasteiger partial charge in [0.15, 0.2) is 0 Å². The van der Waals surface area contributed by atoms with E-state index in [9.17, 15) is 5.11 Å². The normalized spacial score (nSPS) is 15.5. The summed E-state index contributed by atoms with van der Waals surface area (Å²) in [7, 11) is 0. The van der Waals surface area contributed by atoms with Crippen LogP contribution in [0.2, 0.25) is 0 Å². The van der Waals surface area contributed by atoms with Crippen LogP contribution in [-0.2, 0) is 6.42 Å². The number of hydrogen-bond donors (Lipinski definition) is 2. The minimum atomic E-state index is -0.468. The van der Waals surface area contributed by atoms with Crippen molar-refractivity contribution in [2.45, 2.75) is 45.3 Å². The Labute approximate surface area is 133 Å². The summed E-state index contributed by atoms with van der Waals surface area (Å²) >= 11 is 0. The van der Waals surface area contributed by atoms with Crippen LogP contribution in [0.15, 0.2) is 42.5 Å². The smallest absolute Gasteiger partial charge is 0.0732 e. The topological polar surface area (TPSA) is 46.2 Å². The van der Waals surface area contributed by atoms with Crippen molar-refractivity contribution in [2.75, 3.05) is 0 Å². The fourth-order valence-electron chi connectivity index (χ4n) is 3.28. The van der Waals surface area contributed by atoms with Crippen molar-refractivity contribution in [1.29, 1.82) is 0 Å². The van der Waals surface area contributed by atoms with Crippen LogP contribution in [0.4, 0.5) is 0 Å². The second-order valence-corrected chi connectivity index (χ2v) is 6.81. The van der Waals surface area contributed by atoms with E-state index in [1.165, 1.54) is 22.3 Å². The lowest BCUT2D eigenvalue weighted by Crippen LogP contribution is -2.26. The first kappa shape index (κ1) is 15.3. The first-order chi connectivity index (χ1) is 10.6. The summed E-state index contributed by atoms with van der Waals surface area (Å²) in [4.78, 5) is 0. The highest BCUT2D eigenvalue weighted by Gasteiger charge is 2.22. The Morgan fingerprint density at radius 3 is 2.50 bits per heavy atom. The summed E-state index contributed by atoms with van der Waals surface area (Å²) in [5.74, 6) is 0.594. The molecule has 2 nitrogen and oxygen atoms in total. The molecule has 0 saturated heterocycles. The molecule has 3 N–H and O–H groups in total. The third-order valence-electron chi connectivity index (χ3n) is 4.66.